The minimum absolute atomic E-state index is 1.14. The van der Waals surface area contributed by atoms with E-state index >= 15 is 0 Å². The van der Waals surface area contributed by atoms with Gasteiger partial charge in [0, 0.05) is 31.5 Å². The lowest BCUT2D eigenvalue weighted by Crippen LogP contribution is -2.10. The zero-order chi connectivity index (χ0) is 29.0. The van der Waals surface area contributed by atoms with E-state index in [4.69, 9.17) is 0 Å². The molecule has 2 heteroatoms. The van der Waals surface area contributed by atoms with Crippen LogP contribution in [0.1, 0.15) is 0 Å². The Morgan fingerprint density at radius 3 is 1.89 bits per heavy atom. The molecule has 9 rings (SSSR count). The normalized spacial score (nSPS) is 11.6. The summed E-state index contributed by atoms with van der Waals surface area (Å²) < 4.78 is 2.61. The molecule has 0 unspecified atom stereocenters. The van der Waals surface area contributed by atoms with Crippen LogP contribution in [-0.4, -0.2) is 0 Å². The summed E-state index contributed by atoms with van der Waals surface area (Å²) in [5.41, 5.74) is 5.89. The first-order chi connectivity index (χ1) is 21.8. The number of benzene rings is 8. The Bertz CT molecular complexity index is 2510. The van der Waals surface area contributed by atoms with Gasteiger partial charge in [0.15, 0.2) is 0 Å². The highest BCUT2D eigenvalue weighted by Crippen LogP contribution is 2.45. The van der Waals surface area contributed by atoms with E-state index in [1.54, 1.807) is 0 Å². The minimum atomic E-state index is 1.14. The molecule has 44 heavy (non-hydrogen) atoms. The number of hydrogen-bond donors (Lipinski definition) is 0. The maximum atomic E-state index is 2.41. The number of rotatable bonds is 4. The molecule has 8 aromatic carbocycles. The van der Waals surface area contributed by atoms with Crippen molar-refractivity contribution in [2.24, 2.45) is 0 Å². The summed E-state index contributed by atoms with van der Waals surface area (Å²) in [6, 6.07) is 59.8. The molecule has 0 N–H and O–H groups in total. The Morgan fingerprint density at radius 2 is 1.00 bits per heavy atom. The van der Waals surface area contributed by atoms with Gasteiger partial charge in [-0.2, -0.15) is 0 Å². The Balaban J connectivity index is 1.24. The second-order valence-electron chi connectivity index (χ2n) is 11.4. The molecule has 0 aliphatic carbocycles. The number of para-hydroxylation sites is 1. The van der Waals surface area contributed by atoms with E-state index in [9.17, 15) is 0 Å². The van der Waals surface area contributed by atoms with Gasteiger partial charge in [-0.25, -0.2) is 0 Å². The summed E-state index contributed by atoms with van der Waals surface area (Å²) in [5, 5.41) is 10.3. The van der Waals surface area contributed by atoms with Crippen molar-refractivity contribution in [3.8, 4) is 11.1 Å². The second-order valence-corrected chi connectivity index (χ2v) is 12.4. The van der Waals surface area contributed by atoms with Crippen LogP contribution in [0.15, 0.2) is 164 Å². The third-order valence-corrected chi connectivity index (χ3v) is 9.95. The van der Waals surface area contributed by atoms with Crippen LogP contribution in [0.5, 0.6) is 0 Å². The third-order valence-electron chi connectivity index (χ3n) is 8.82. The number of nitrogens with zero attached hydrogens (tertiary/aromatic N) is 1. The molecule has 0 amide bonds. The first kappa shape index (κ1) is 25.1. The summed E-state index contributed by atoms with van der Waals surface area (Å²) >= 11 is 1.86. The molecule has 9 aromatic rings. The van der Waals surface area contributed by atoms with Crippen molar-refractivity contribution in [2.75, 3.05) is 4.90 Å². The SMILES string of the molecule is c1ccc(N(c2cccc(-c3ccc4ccc5c6ccccc6ccc5c4c3)c2)c2cccc3sc4ccccc4c23)cc1. The quantitative estimate of drug-likeness (QED) is 0.188. The lowest BCUT2D eigenvalue weighted by atomic mass is 9.94. The molecule has 0 bridgehead atoms. The van der Waals surface area contributed by atoms with E-state index in [0.29, 0.717) is 0 Å². The van der Waals surface area contributed by atoms with Crippen LogP contribution in [0.3, 0.4) is 0 Å². The first-order valence-electron chi connectivity index (χ1n) is 15.0. The number of anilines is 3. The molecule has 1 aromatic heterocycles. The van der Waals surface area contributed by atoms with Crippen LogP contribution in [0.2, 0.25) is 0 Å². The Labute approximate surface area is 259 Å². The monoisotopic (exact) mass is 577 g/mol. The van der Waals surface area contributed by atoms with Crippen molar-refractivity contribution in [2.45, 2.75) is 0 Å². The van der Waals surface area contributed by atoms with Crippen molar-refractivity contribution in [3.63, 3.8) is 0 Å². The van der Waals surface area contributed by atoms with Gasteiger partial charge in [0.25, 0.3) is 0 Å². The van der Waals surface area contributed by atoms with Gasteiger partial charge in [-0.05, 0) is 92.0 Å². The molecular formula is C42H27NS. The molecule has 0 radical (unpaired) electrons. The number of thiophene rings is 1. The summed E-state index contributed by atoms with van der Waals surface area (Å²) in [4.78, 5) is 2.41. The average Bonchev–Trinajstić information content (AvgIpc) is 3.48. The van der Waals surface area contributed by atoms with Gasteiger partial charge in [-0.1, -0.05) is 115 Å². The standard InChI is InChI=1S/C42H27NS/c1-2-12-32(13-3-1)43(39-17-9-19-41-42(39)37-16-6-7-18-40(37)44-41)33-14-8-11-30(26-33)31-21-20-29-23-24-35-34-15-5-4-10-28(34)22-25-36(35)38(29)27-31/h1-27H. The number of hydrogen-bond acceptors (Lipinski definition) is 2. The zero-order valence-corrected chi connectivity index (χ0v) is 24.8. The van der Waals surface area contributed by atoms with Gasteiger partial charge in [-0.15, -0.1) is 11.3 Å². The third kappa shape index (κ3) is 4.00. The molecule has 0 aliphatic heterocycles. The summed E-state index contributed by atoms with van der Waals surface area (Å²) in [6.45, 7) is 0. The fourth-order valence-corrected chi connectivity index (χ4v) is 7.90. The summed E-state index contributed by atoms with van der Waals surface area (Å²) in [7, 11) is 0. The Hall–Kier alpha value is -5.44. The summed E-state index contributed by atoms with van der Waals surface area (Å²) in [5.74, 6) is 0. The molecule has 0 fully saturated rings. The number of fused-ring (bicyclic) bond motifs is 8. The Morgan fingerprint density at radius 1 is 0.364 bits per heavy atom. The minimum Gasteiger partial charge on any atom is -0.310 e. The fourth-order valence-electron chi connectivity index (χ4n) is 6.77. The topological polar surface area (TPSA) is 3.24 Å². The van der Waals surface area contributed by atoms with Gasteiger partial charge in [0.2, 0.25) is 0 Å². The van der Waals surface area contributed by atoms with E-state index < -0.39 is 0 Å². The molecule has 0 spiro atoms. The predicted octanol–water partition coefficient (Wildman–Crippen LogP) is 12.7. The first-order valence-corrected chi connectivity index (χ1v) is 15.8. The molecule has 1 nitrogen and oxygen atoms in total. The maximum Gasteiger partial charge on any atom is 0.0554 e. The van der Waals surface area contributed by atoms with E-state index in [-0.39, 0.29) is 0 Å². The van der Waals surface area contributed by atoms with E-state index in [2.05, 4.69) is 169 Å². The predicted molar refractivity (Wildman–Crippen MR) is 192 cm³/mol. The maximum absolute atomic E-state index is 2.41. The van der Waals surface area contributed by atoms with Gasteiger partial charge in [0.1, 0.15) is 0 Å². The van der Waals surface area contributed by atoms with Crippen LogP contribution < -0.4 is 4.90 Å². The molecule has 0 saturated heterocycles. The molecule has 206 valence electrons. The summed E-state index contributed by atoms with van der Waals surface area (Å²) in [6.07, 6.45) is 0. The van der Waals surface area contributed by atoms with E-state index in [1.165, 1.54) is 69.3 Å². The highest BCUT2D eigenvalue weighted by Gasteiger charge is 2.18. The molecule has 1 heterocycles. The molecular weight excluding hydrogens is 551 g/mol. The van der Waals surface area contributed by atoms with Crippen molar-refractivity contribution < 1.29 is 0 Å². The van der Waals surface area contributed by atoms with Crippen molar-refractivity contribution in [3.05, 3.63) is 164 Å². The molecule has 0 saturated carbocycles. The van der Waals surface area contributed by atoms with Gasteiger partial charge >= 0.3 is 0 Å². The molecule has 0 atom stereocenters. The van der Waals surface area contributed by atoms with Crippen LogP contribution in [0.25, 0.3) is 63.6 Å². The van der Waals surface area contributed by atoms with Crippen LogP contribution >= 0.6 is 11.3 Å². The van der Waals surface area contributed by atoms with Crippen molar-refractivity contribution in [1.82, 2.24) is 0 Å². The average molecular weight is 578 g/mol. The van der Waals surface area contributed by atoms with Gasteiger partial charge in [-0.3, -0.25) is 0 Å². The van der Waals surface area contributed by atoms with E-state index in [0.717, 1.165) is 11.4 Å². The van der Waals surface area contributed by atoms with Crippen molar-refractivity contribution >= 4 is 80.9 Å². The lowest BCUT2D eigenvalue weighted by Gasteiger charge is -2.27. The fraction of sp³-hybridized carbons (Fsp3) is 0. The highest BCUT2D eigenvalue weighted by atomic mass is 32.1. The smallest absolute Gasteiger partial charge is 0.0554 e. The van der Waals surface area contributed by atoms with Gasteiger partial charge in [0.05, 0.1) is 5.69 Å². The van der Waals surface area contributed by atoms with Gasteiger partial charge < -0.3 is 4.90 Å². The molecule has 0 aliphatic rings. The zero-order valence-electron chi connectivity index (χ0n) is 23.9. The van der Waals surface area contributed by atoms with Crippen LogP contribution in [-0.2, 0) is 0 Å². The second kappa shape index (κ2) is 10.1. The van der Waals surface area contributed by atoms with E-state index in [1.807, 2.05) is 11.3 Å². The van der Waals surface area contributed by atoms with Crippen LogP contribution in [0, 0.1) is 0 Å². The Kier molecular flexibility index (Phi) is 5.75. The lowest BCUT2D eigenvalue weighted by molar-refractivity contribution is 1.30. The largest absolute Gasteiger partial charge is 0.310 e. The van der Waals surface area contributed by atoms with Crippen molar-refractivity contribution in [1.29, 1.82) is 0 Å². The highest BCUT2D eigenvalue weighted by molar-refractivity contribution is 7.26. The van der Waals surface area contributed by atoms with Crippen LogP contribution in [0.4, 0.5) is 17.1 Å².